The van der Waals surface area contributed by atoms with E-state index in [-0.39, 0.29) is 6.03 Å². The standard InChI is InChI=1S/C15H28N2O3/c1-5-17(15(3,4)13(18)19)14(20)16-10-12-9-7-6-8-11(12)2/h11-12H,5-10H2,1-4H3,(H,16,20)(H,18,19). The van der Waals surface area contributed by atoms with Crippen LogP contribution in [0.1, 0.15) is 53.4 Å². The van der Waals surface area contributed by atoms with Crippen molar-refractivity contribution >= 4 is 12.0 Å². The van der Waals surface area contributed by atoms with Crippen LogP contribution >= 0.6 is 0 Å². The first-order valence-electron chi connectivity index (χ1n) is 7.59. The zero-order valence-corrected chi connectivity index (χ0v) is 13.1. The summed E-state index contributed by atoms with van der Waals surface area (Å²) in [5.41, 5.74) is -1.18. The maximum atomic E-state index is 12.2. The van der Waals surface area contributed by atoms with Gasteiger partial charge in [0.2, 0.25) is 0 Å². The molecule has 0 bridgehead atoms. The Hall–Kier alpha value is -1.26. The minimum Gasteiger partial charge on any atom is -0.480 e. The van der Waals surface area contributed by atoms with Gasteiger partial charge in [-0.2, -0.15) is 0 Å². The number of nitrogens with one attached hydrogen (secondary N) is 1. The summed E-state index contributed by atoms with van der Waals surface area (Å²) >= 11 is 0. The highest BCUT2D eigenvalue weighted by molar-refractivity contribution is 5.85. The third-order valence-corrected chi connectivity index (χ3v) is 4.56. The van der Waals surface area contributed by atoms with Crippen LogP contribution in [0.4, 0.5) is 4.79 Å². The Labute approximate surface area is 121 Å². The fourth-order valence-electron chi connectivity index (χ4n) is 2.92. The normalized spacial score (nSPS) is 23.2. The van der Waals surface area contributed by atoms with Gasteiger partial charge in [0.15, 0.2) is 0 Å². The van der Waals surface area contributed by atoms with E-state index in [0.29, 0.717) is 24.9 Å². The molecule has 0 aliphatic heterocycles. The van der Waals surface area contributed by atoms with E-state index in [1.165, 1.54) is 24.2 Å². The van der Waals surface area contributed by atoms with Gasteiger partial charge in [0.05, 0.1) is 0 Å². The molecule has 1 aliphatic carbocycles. The van der Waals surface area contributed by atoms with Gasteiger partial charge in [-0.1, -0.05) is 26.2 Å². The van der Waals surface area contributed by atoms with Crippen molar-refractivity contribution in [2.45, 2.75) is 58.9 Å². The number of amides is 2. The first-order valence-corrected chi connectivity index (χ1v) is 7.59. The number of rotatable bonds is 5. The van der Waals surface area contributed by atoms with E-state index < -0.39 is 11.5 Å². The molecule has 0 radical (unpaired) electrons. The van der Waals surface area contributed by atoms with Crippen LogP contribution in [0.3, 0.4) is 0 Å². The van der Waals surface area contributed by atoms with Crippen molar-refractivity contribution in [2.24, 2.45) is 11.8 Å². The second-order valence-corrected chi connectivity index (χ2v) is 6.32. The number of carboxylic acid groups (broad SMARTS) is 1. The van der Waals surface area contributed by atoms with Gasteiger partial charge in [-0.15, -0.1) is 0 Å². The molecular formula is C15H28N2O3. The number of carbonyl (C=O) groups is 2. The Morgan fingerprint density at radius 1 is 1.30 bits per heavy atom. The predicted molar refractivity (Wildman–Crippen MR) is 78.6 cm³/mol. The molecule has 5 nitrogen and oxygen atoms in total. The Balaban J connectivity index is 2.57. The van der Waals surface area contributed by atoms with Crippen molar-refractivity contribution in [3.63, 3.8) is 0 Å². The molecule has 0 aromatic carbocycles. The number of carboxylic acids is 1. The Kier molecular flexibility index (Phi) is 5.84. The fourth-order valence-corrected chi connectivity index (χ4v) is 2.92. The quantitative estimate of drug-likeness (QED) is 0.815. The summed E-state index contributed by atoms with van der Waals surface area (Å²) in [7, 11) is 0. The SMILES string of the molecule is CCN(C(=O)NCC1CCCCC1C)C(C)(C)C(=O)O. The summed E-state index contributed by atoms with van der Waals surface area (Å²) in [6.45, 7) is 8.17. The number of hydrogen-bond donors (Lipinski definition) is 2. The topological polar surface area (TPSA) is 69.6 Å². The smallest absolute Gasteiger partial charge is 0.329 e. The molecule has 1 rings (SSSR count). The maximum absolute atomic E-state index is 12.2. The van der Waals surface area contributed by atoms with Gasteiger partial charge in [0.25, 0.3) is 0 Å². The zero-order valence-electron chi connectivity index (χ0n) is 13.1. The molecule has 0 aromatic heterocycles. The molecule has 116 valence electrons. The van der Waals surface area contributed by atoms with E-state index in [1.54, 1.807) is 20.8 Å². The minimum atomic E-state index is -1.18. The molecular weight excluding hydrogens is 256 g/mol. The Bertz CT molecular complexity index is 355. The molecule has 5 heteroatoms. The molecule has 0 spiro atoms. The number of hydrogen-bond acceptors (Lipinski definition) is 2. The summed E-state index contributed by atoms with van der Waals surface area (Å²) < 4.78 is 0. The van der Waals surface area contributed by atoms with Crippen LogP contribution in [0.15, 0.2) is 0 Å². The molecule has 0 heterocycles. The number of nitrogens with zero attached hydrogens (tertiary/aromatic N) is 1. The average molecular weight is 284 g/mol. The minimum absolute atomic E-state index is 0.280. The van der Waals surface area contributed by atoms with Crippen molar-refractivity contribution in [1.29, 1.82) is 0 Å². The number of likely N-dealkylation sites (N-methyl/N-ethyl adjacent to an activating group) is 1. The second-order valence-electron chi connectivity index (χ2n) is 6.32. The molecule has 0 saturated heterocycles. The molecule has 0 aromatic rings. The lowest BCUT2D eigenvalue weighted by Gasteiger charge is -2.35. The number of aliphatic carboxylic acids is 1. The van der Waals surface area contributed by atoms with Gasteiger partial charge in [0, 0.05) is 13.1 Å². The third kappa shape index (κ3) is 3.87. The highest BCUT2D eigenvalue weighted by atomic mass is 16.4. The lowest BCUT2D eigenvalue weighted by Crippen LogP contribution is -2.56. The van der Waals surface area contributed by atoms with Gasteiger partial charge in [0.1, 0.15) is 5.54 Å². The fraction of sp³-hybridized carbons (Fsp3) is 0.867. The molecule has 2 amide bonds. The second kappa shape index (κ2) is 6.95. The number of urea groups is 1. The van der Waals surface area contributed by atoms with Crippen molar-refractivity contribution < 1.29 is 14.7 Å². The van der Waals surface area contributed by atoms with Gasteiger partial charge < -0.3 is 15.3 Å². The van der Waals surface area contributed by atoms with Crippen molar-refractivity contribution in [3.05, 3.63) is 0 Å². The molecule has 1 saturated carbocycles. The van der Waals surface area contributed by atoms with Gasteiger partial charge in [-0.3, -0.25) is 0 Å². The van der Waals surface area contributed by atoms with Crippen LogP contribution in [0.25, 0.3) is 0 Å². The summed E-state index contributed by atoms with van der Waals surface area (Å²) in [6, 6.07) is -0.280. The summed E-state index contributed by atoms with van der Waals surface area (Å²) in [4.78, 5) is 24.9. The largest absolute Gasteiger partial charge is 0.480 e. The highest BCUT2D eigenvalue weighted by Gasteiger charge is 2.37. The van der Waals surface area contributed by atoms with Crippen molar-refractivity contribution in [3.8, 4) is 0 Å². The summed E-state index contributed by atoms with van der Waals surface area (Å²) in [5.74, 6) is 0.159. The Morgan fingerprint density at radius 2 is 1.90 bits per heavy atom. The highest BCUT2D eigenvalue weighted by Crippen LogP contribution is 2.29. The molecule has 1 aliphatic rings. The zero-order chi connectivity index (χ0) is 15.3. The van der Waals surface area contributed by atoms with E-state index in [4.69, 9.17) is 0 Å². The van der Waals surface area contributed by atoms with E-state index in [0.717, 1.165) is 6.42 Å². The Morgan fingerprint density at radius 3 is 2.40 bits per heavy atom. The average Bonchev–Trinajstić information content (AvgIpc) is 2.38. The molecule has 2 atom stereocenters. The third-order valence-electron chi connectivity index (χ3n) is 4.56. The number of carbonyl (C=O) groups excluding carboxylic acids is 1. The monoisotopic (exact) mass is 284 g/mol. The van der Waals surface area contributed by atoms with Crippen molar-refractivity contribution in [2.75, 3.05) is 13.1 Å². The van der Waals surface area contributed by atoms with E-state index in [9.17, 15) is 14.7 Å². The van der Waals surface area contributed by atoms with Crippen LogP contribution in [-0.2, 0) is 4.79 Å². The van der Waals surface area contributed by atoms with Crippen LogP contribution in [-0.4, -0.2) is 40.6 Å². The summed E-state index contributed by atoms with van der Waals surface area (Å²) in [6.07, 6.45) is 4.87. The van der Waals surface area contributed by atoms with Gasteiger partial charge in [-0.05, 0) is 39.0 Å². The van der Waals surface area contributed by atoms with E-state index in [2.05, 4.69) is 12.2 Å². The maximum Gasteiger partial charge on any atom is 0.329 e. The predicted octanol–water partition coefficient (Wildman–Crippen LogP) is 2.71. The van der Waals surface area contributed by atoms with Gasteiger partial charge >= 0.3 is 12.0 Å². The first kappa shape index (κ1) is 16.8. The van der Waals surface area contributed by atoms with Crippen molar-refractivity contribution in [1.82, 2.24) is 10.2 Å². The van der Waals surface area contributed by atoms with Crippen LogP contribution in [0.2, 0.25) is 0 Å². The van der Waals surface area contributed by atoms with E-state index >= 15 is 0 Å². The van der Waals surface area contributed by atoms with E-state index in [1.807, 2.05) is 0 Å². The summed E-state index contributed by atoms with van der Waals surface area (Å²) in [5, 5.41) is 12.1. The van der Waals surface area contributed by atoms with Crippen LogP contribution < -0.4 is 5.32 Å². The van der Waals surface area contributed by atoms with Gasteiger partial charge in [-0.25, -0.2) is 9.59 Å². The van der Waals surface area contributed by atoms with Crippen LogP contribution in [0, 0.1) is 11.8 Å². The molecule has 1 fully saturated rings. The van der Waals surface area contributed by atoms with Crippen LogP contribution in [0.5, 0.6) is 0 Å². The molecule has 2 N–H and O–H groups in total. The molecule has 2 unspecified atom stereocenters. The lowest BCUT2D eigenvalue weighted by atomic mass is 9.80. The first-order chi connectivity index (χ1) is 9.30. The molecule has 20 heavy (non-hydrogen) atoms. The lowest BCUT2D eigenvalue weighted by molar-refractivity contribution is -0.147.